The van der Waals surface area contributed by atoms with Gasteiger partial charge in [-0.25, -0.2) is 4.98 Å². The molecule has 0 atom stereocenters. The number of hydrogen-bond donors (Lipinski definition) is 0. The fraction of sp³-hybridized carbons (Fsp3) is 0.0667. The number of aryl methyl sites for hydroxylation is 1. The third kappa shape index (κ3) is 2.05. The fourth-order valence-electron chi connectivity index (χ4n) is 1.89. The molecule has 0 fully saturated rings. The van der Waals surface area contributed by atoms with Crippen LogP contribution in [-0.2, 0) is 0 Å². The van der Waals surface area contributed by atoms with Gasteiger partial charge in [-0.05, 0) is 19.1 Å². The summed E-state index contributed by atoms with van der Waals surface area (Å²) in [6, 6.07) is 16.2. The van der Waals surface area contributed by atoms with Crippen LogP contribution in [0.4, 0.5) is 0 Å². The van der Waals surface area contributed by atoms with E-state index in [0.29, 0.717) is 0 Å². The van der Waals surface area contributed by atoms with Gasteiger partial charge in [0.2, 0.25) is 0 Å². The molecule has 2 heterocycles. The van der Waals surface area contributed by atoms with Crippen LogP contribution >= 0.6 is 11.3 Å². The van der Waals surface area contributed by atoms with Crippen LogP contribution in [0.1, 0.15) is 5.01 Å². The number of thiazole rings is 1. The number of rotatable bonds is 2. The van der Waals surface area contributed by atoms with Gasteiger partial charge in [-0.2, -0.15) is 0 Å². The maximum Gasteiger partial charge on any atom is 0.0909 e. The summed E-state index contributed by atoms with van der Waals surface area (Å²) < 4.78 is 0. The zero-order valence-electron chi connectivity index (χ0n) is 10.00. The number of benzene rings is 1. The largest absolute Gasteiger partial charge is 0.255 e. The van der Waals surface area contributed by atoms with E-state index in [4.69, 9.17) is 0 Å². The average molecular weight is 252 g/mol. The molecule has 0 aliphatic heterocycles. The second-order valence-electron chi connectivity index (χ2n) is 3.99. The van der Waals surface area contributed by atoms with E-state index in [1.165, 1.54) is 0 Å². The van der Waals surface area contributed by atoms with E-state index in [-0.39, 0.29) is 0 Å². The lowest BCUT2D eigenvalue weighted by atomic mass is 10.1. The van der Waals surface area contributed by atoms with Crippen molar-refractivity contribution in [3.05, 3.63) is 59.7 Å². The summed E-state index contributed by atoms with van der Waals surface area (Å²) in [6.45, 7) is 2.03. The first-order valence-electron chi connectivity index (χ1n) is 5.79. The number of pyridine rings is 1. The van der Waals surface area contributed by atoms with Crippen molar-refractivity contribution in [2.45, 2.75) is 6.92 Å². The predicted octanol–water partition coefficient (Wildman–Crippen LogP) is 4.18. The Hall–Kier alpha value is -2.00. The molecule has 2 nitrogen and oxygen atoms in total. The molecular formula is C15H12N2S. The van der Waals surface area contributed by atoms with Gasteiger partial charge in [-0.1, -0.05) is 36.4 Å². The van der Waals surface area contributed by atoms with Crippen LogP contribution in [0.25, 0.3) is 21.8 Å². The highest BCUT2D eigenvalue weighted by Crippen LogP contribution is 2.35. The summed E-state index contributed by atoms with van der Waals surface area (Å²) in [5.74, 6) is 0. The second-order valence-corrected chi connectivity index (χ2v) is 5.19. The molecule has 0 unspecified atom stereocenters. The number of nitrogens with zero attached hydrogens (tertiary/aromatic N) is 2. The molecule has 0 aliphatic rings. The van der Waals surface area contributed by atoms with Crippen molar-refractivity contribution >= 4 is 11.3 Å². The van der Waals surface area contributed by atoms with Gasteiger partial charge in [0.05, 0.1) is 21.3 Å². The highest BCUT2D eigenvalue weighted by Gasteiger charge is 2.13. The molecule has 0 N–H and O–H groups in total. The second kappa shape index (κ2) is 4.70. The average Bonchev–Trinajstić information content (AvgIpc) is 2.83. The summed E-state index contributed by atoms with van der Waals surface area (Å²) in [7, 11) is 0. The Bertz CT molecular complexity index is 588. The molecule has 1 aromatic carbocycles. The summed E-state index contributed by atoms with van der Waals surface area (Å²) in [5, 5.41) is 1.06. The lowest BCUT2D eigenvalue weighted by Crippen LogP contribution is -1.83. The Balaban J connectivity index is 2.17. The predicted molar refractivity (Wildman–Crippen MR) is 75.5 cm³/mol. The third-order valence-corrected chi connectivity index (χ3v) is 3.67. The molecular weight excluding hydrogens is 240 g/mol. The van der Waals surface area contributed by atoms with Crippen molar-refractivity contribution in [2.24, 2.45) is 0 Å². The normalized spacial score (nSPS) is 10.5. The molecule has 0 amide bonds. The van der Waals surface area contributed by atoms with Gasteiger partial charge < -0.3 is 0 Å². The fourth-order valence-corrected chi connectivity index (χ4v) is 2.81. The lowest BCUT2D eigenvalue weighted by Gasteiger charge is -2.01. The quantitative estimate of drug-likeness (QED) is 0.683. The monoisotopic (exact) mass is 252 g/mol. The summed E-state index contributed by atoms with van der Waals surface area (Å²) in [5.41, 5.74) is 3.15. The molecule has 0 spiro atoms. The van der Waals surface area contributed by atoms with Gasteiger partial charge in [-0.3, -0.25) is 4.98 Å². The minimum atomic E-state index is 0.988. The van der Waals surface area contributed by atoms with Crippen molar-refractivity contribution in [1.29, 1.82) is 0 Å². The van der Waals surface area contributed by atoms with E-state index in [0.717, 1.165) is 26.8 Å². The Labute approximate surface area is 110 Å². The highest BCUT2D eigenvalue weighted by molar-refractivity contribution is 7.15. The van der Waals surface area contributed by atoms with Gasteiger partial charge >= 0.3 is 0 Å². The first-order valence-corrected chi connectivity index (χ1v) is 6.60. The van der Waals surface area contributed by atoms with Gasteiger partial charge in [0.15, 0.2) is 0 Å². The first-order chi connectivity index (χ1) is 8.84. The Morgan fingerprint density at radius 3 is 2.44 bits per heavy atom. The van der Waals surface area contributed by atoms with E-state index in [1.54, 1.807) is 11.3 Å². The van der Waals surface area contributed by atoms with Crippen molar-refractivity contribution in [3.63, 3.8) is 0 Å². The molecule has 0 bridgehead atoms. The van der Waals surface area contributed by atoms with Gasteiger partial charge in [0.25, 0.3) is 0 Å². The summed E-state index contributed by atoms with van der Waals surface area (Å²) >= 11 is 1.69. The zero-order chi connectivity index (χ0) is 12.4. The summed E-state index contributed by atoms with van der Waals surface area (Å²) in [6.07, 6.45) is 1.82. The van der Waals surface area contributed by atoms with Crippen LogP contribution in [-0.4, -0.2) is 9.97 Å². The van der Waals surface area contributed by atoms with Crippen LogP contribution in [0.15, 0.2) is 54.7 Å². The molecule has 0 radical (unpaired) electrons. The van der Waals surface area contributed by atoms with Gasteiger partial charge in [-0.15, -0.1) is 11.3 Å². The molecule has 88 valence electrons. The number of hydrogen-bond acceptors (Lipinski definition) is 3. The summed E-state index contributed by atoms with van der Waals surface area (Å²) in [4.78, 5) is 10.2. The maximum atomic E-state index is 4.64. The van der Waals surface area contributed by atoms with E-state index in [2.05, 4.69) is 22.1 Å². The van der Waals surface area contributed by atoms with Crippen LogP contribution in [0.5, 0.6) is 0 Å². The van der Waals surface area contributed by atoms with Crippen LogP contribution in [0.3, 0.4) is 0 Å². The molecule has 0 saturated heterocycles. The van der Waals surface area contributed by atoms with Crippen LogP contribution in [0, 0.1) is 6.92 Å². The minimum absolute atomic E-state index is 0.988. The topological polar surface area (TPSA) is 25.8 Å². The van der Waals surface area contributed by atoms with Crippen molar-refractivity contribution in [3.8, 4) is 21.8 Å². The van der Waals surface area contributed by atoms with E-state index >= 15 is 0 Å². The van der Waals surface area contributed by atoms with Crippen LogP contribution in [0.2, 0.25) is 0 Å². The zero-order valence-corrected chi connectivity index (χ0v) is 10.8. The molecule has 2 aromatic heterocycles. The van der Waals surface area contributed by atoms with Crippen molar-refractivity contribution in [1.82, 2.24) is 9.97 Å². The van der Waals surface area contributed by atoms with Crippen molar-refractivity contribution < 1.29 is 0 Å². The third-order valence-electron chi connectivity index (χ3n) is 2.68. The smallest absolute Gasteiger partial charge is 0.0909 e. The molecule has 0 aliphatic carbocycles. The van der Waals surface area contributed by atoms with E-state index in [9.17, 15) is 0 Å². The van der Waals surface area contributed by atoms with Gasteiger partial charge in [0, 0.05) is 11.8 Å². The Morgan fingerprint density at radius 1 is 0.944 bits per heavy atom. The lowest BCUT2D eigenvalue weighted by molar-refractivity contribution is 1.29. The van der Waals surface area contributed by atoms with Crippen LogP contribution < -0.4 is 0 Å². The van der Waals surface area contributed by atoms with Gasteiger partial charge in [0.1, 0.15) is 0 Å². The molecule has 3 rings (SSSR count). The molecule has 0 saturated carbocycles. The minimum Gasteiger partial charge on any atom is -0.255 e. The van der Waals surface area contributed by atoms with E-state index in [1.807, 2.05) is 49.5 Å². The highest BCUT2D eigenvalue weighted by atomic mass is 32.1. The Kier molecular flexibility index (Phi) is 2.90. The maximum absolute atomic E-state index is 4.64. The Morgan fingerprint density at radius 2 is 1.72 bits per heavy atom. The van der Waals surface area contributed by atoms with Crippen molar-refractivity contribution in [2.75, 3.05) is 0 Å². The first kappa shape index (κ1) is 11.1. The van der Waals surface area contributed by atoms with E-state index < -0.39 is 0 Å². The number of aromatic nitrogens is 2. The molecule has 18 heavy (non-hydrogen) atoms. The standard InChI is InChI=1S/C15H12N2S/c1-11-17-14(12-7-3-2-4-8-12)15(18-11)13-9-5-6-10-16-13/h2-10H,1H3. The molecule has 3 aromatic rings. The molecule has 3 heteroatoms. The SMILES string of the molecule is Cc1nc(-c2ccccc2)c(-c2ccccn2)s1.